The van der Waals surface area contributed by atoms with E-state index in [1.807, 2.05) is 0 Å². The molecule has 2 saturated heterocycles. The summed E-state index contributed by atoms with van der Waals surface area (Å²) >= 11 is 0. The smallest absolute Gasteiger partial charge is 0.234 e. The highest BCUT2D eigenvalue weighted by Crippen LogP contribution is 2.15. The van der Waals surface area contributed by atoms with E-state index in [1.54, 1.807) is 0 Å². The lowest BCUT2D eigenvalue weighted by Crippen LogP contribution is -2.64. The Morgan fingerprint density at radius 3 is 2.53 bits per heavy atom. The Hall–Kier alpha value is -0.650. The van der Waals surface area contributed by atoms with Gasteiger partial charge in [-0.15, -0.1) is 0 Å². The molecule has 5 heteroatoms. The average Bonchev–Trinajstić information content (AvgIpc) is 2.34. The molecule has 0 aromatic rings. The molecule has 110 valence electrons. The van der Waals surface area contributed by atoms with E-state index in [9.17, 15) is 4.79 Å². The van der Waals surface area contributed by atoms with Crippen LogP contribution in [0.2, 0.25) is 0 Å². The van der Waals surface area contributed by atoms with Crippen LogP contribution in [0.25, 0.3) is 0 Å². The van der Waals surface area contributed by atoms with Crippen LogP contribution < -0.4 is 10.6 Å². The minimum absolute atomic E-state index is 0.0834. The van der Waals surface area contributed by atoms with Crippen molar-refractivity contribution in [1.82, 2.24) is 20.4 Å². The zero-order valence-electron chi connectivity index (χ0n) is 12.5. The third-order valence-corrected chi connectivity index (χ3v) is 4.33. The maximum absolute atomic E-state index is 11.9. The summed E-state index contributed by atoms with van der Waals surface area (Å²) < 4.78 is 0. The monoisotopic (exact) mass is 268 g/mol. The maximum atomic E-state index is 11.9. The molecule has 0 atom stereocenters. The molecule has 0 aromatic carbocycles. The van der Waals surface area contributed by atoms with Gasteiger partial charge >= 0.3 is 0 Å². The summed E-state index contributed by atoms with van der Waals surface area (Å²) in [6.45, 7) is 13.4. The minimum Gasteiger partial charge on any atom is -0.350 e. The summed E-state index contributed by atoms with van der Waals surface area (Å²) in [7, 11) is 0. The van der Waals surface area contributed by atoms with Gasteiger partial charge in [-0.1, -0.05) is 6.92 Å². The molecule has 0 radical (unpaired) electrons. The van der Waals surface area contributed by atoms with Crippen LogP contribution in [0.1, 0.15) is 27.2 Å². The summed E-state index contributed by atoms with van der Waals surface area (Å²) in [5.41, 5.74) is -0.0834. The summed E-state index contributed by atoms with van der Waals surface area (Å²) in [6.07, 6.45) is 0.960. The van der Waals surface area contributed by atoms with Gasteiger partial charge in [0.2, 0.25) is 5.91 Å². The molecule has 1 amide bonds. The van der Waals surface area contributed by atoms with Crippen LogP contribution >= 0.6 is 0 Å². The highest BCUT2D eigenvalue weighted by molar-refractivity contribution is 5.78. The van der Waals surface area contributed by atoms with Crippen molar-refractivity contribution in [3.63, 3.8) is 0 Å². The number of nitrogens with zero attached hydrogens (tertiary/aromatic N) is 2. The molecule has 0 aromatic heterocycles. The van der Waals surface area contributed by atoms with Gasteiger partial charge < -0.3 is 10.6 Å². The third-order valence-electron chi connectivity index (χ3n) is 4.33. The Kier molecular flexibility index (Phi) is 4.81. The minimum atomic E-state index is -0.0834. The second kappa shape index (κ2) is 6.20. The molecular formula is C14H28N4O. The second-order valence-electron chi connectivity index (χ2n) is 6.42. The zero-order chi connectivity index (χ0) is 13.9. The van der Waals surface area contributed by atoms with E-state index in [-0.39, 0.29) is 11.4 Å². The van der Waals surface area contributed by atoms with Crippen LogP contribution in [0.5, 0.6) is 0 Å². The van der Waals surface area contributed by atoms with E-state index in [0.717, 1.165) is 45.7 Å². The standard InChI is InChI=1S/C14H28N4O/c1-4-14(2,3)16-13(19)11-17-9-12(10-17)18-7-5-15-6-8-18/h12,15H,4-11H2,1-3H3,(H,16,19). The topological polar surface area (TPSA) is 47.6 Å². The molecule has 0 saturated carbocycles. The van der Waals surface area contributed by atoms with Gasteiger partial charge in [0.25, 0.3) is 0 Å². The fourth-order valence-corrected chi connectivity index (χ4v) is 2.66. The summed E-state index contributed by atoms with van der Waals surface area (Å²) in [6, 6.07) is 0.661. The first-order chi connectivity index (χ1) is 9.00. The average molecular weight is 268 g/mol. The van der Waals surface area contributed by atoms with Crippen molar-refractivity contribution in [2.24, 2.45) is 0 Å². The molecule has 5 nitrogen and oxygen atoms in total. The first-order valence-corrected chi connectivity index (χ1v) is 7.48. The van der Waals surface area contributed by atoms with Gasteiger partial charge in [-0.05, 0) is 20.3 Å². The number of amides is 1. The second-order valence-corrected chi connectivity index (χ2v) is 6.42. The van der Waals surface area contributed by atoms with E-state index in [4.69, 9.17) is 0 Å². The molecule has 2 N–H and O–H groups in total. The zero-order valence-corrected chi connectivity index (χ0v) is 12.5. The molecule has 2 rings (SSSR count). The van der Waals surface area contributed by atoms with Crippen molar-refractivity contribution in [2.75, 3.05) is 45.8 Å². The van der Waals surface area contributed by atoms with E-state index >= 15 is 0 Å². The number of rotatable bonds is 5. The largest absolute Gasteiger partial charge is 0.350 e. The predicted molar refractivity (Wildman–Crippen MR) is 77.2 cm³/mol. The number of carbonyl (C=O) groups excluding carboxylic acids is 1. The fraction of sp³-hybridized carbons (Fsp3) is 0.929. The van der Waals surface area contributed by atoms with Gasteiger partial charge in [-0.2, -0.15) is 0 Å². The Labute approximate surface area is 116 Å². The van der Waals surface area contributed by atoms with Crippen LogP contribution in [-0.4, -0.2) is 73.1 Å². The van der Waals surface area contributed by atoms with Gasteiger partial charge in [0.15, 0.2) is 0 Å². The molecule has 0 unspecified atom stereocenters. The van der Waals surface area contributed by atoms with Crippen LogP contribution in [0, 0.1) is 0 Å². The number of likely N-dealkylation sites (tertiary alicyclic amines) is 1. The number of hydrogen-bond donors (Lipinski definition) is 2. The van der Waals surface area contributed by atoms with Crippen molar-refractivity contribution in [1.29, 1.82) is 0 Å². The van der Waals surface area contributed by atoms with Crippen LogP contribution in [0.3, 0.4) is 0 Å². The Balaban J connectivity index is 1.65. The van der Waals surface area contributed by atoms with Crippen molar-refractivity contribution >= 4 is 5.91 Å². The van der Waals surface area contributed by atoms with Crippen molar-refractivity contribution in [2.45, 2.75) is 38.8 Å². The van der Waals surface area contributed by atoms with E-state index < -0.39 is 0 Å². The SMILES string of the molecule is CCC(C)(C)NC(=O)CN1CC(N2CCNCC2)C1. The summed E-state index contributed by atoms with van der Waals surface area (Å²) in [4.78, 5) is 16.7. The van der Waals surface area contributed by atoms with Gasteiger partial charge in [-0.25, -0.2) is 0 Å². The van der Waals surface area contributed by atoms with Crippen LogP contribution in [-0.2, 0) is 4.79 Å². The highest BCUT2D eigenvalue weighted by Gasteiger charge is 2.33. The predicted octanol–water partition coefficient (Wildman–Crippen LogP) is -0.119. The van der Waals surface area contributed by atoms with Gasteiger partial charge in [0.05, 0.1) is 6.54 Å². The maximum Gasteiger partial charge on any atom is 0.234 e. The Morgan fingerprint density at radius 1 is 1.32 bits per heavy atom. The Bertz CT molecular complexity index is 307. The molecule has 0 bridgehead atoms. The first kappa shape index (κ1) is 14.8. The Morgan fingerprint density at radius 2 is 1.95 bits per heavy atom. The summed E-state index contributed by atoms with van der Waals surface area (Å²) in [5.74, 6) is 0.158. The lowest BCUT2D eigenvalue weighted by atomic mass is 10.0. The van der Waals surface area contributed by atoms with Crippen molar-refractivity contribution < 1.29 is 4.79 Å². The summed E-state index contributed by atoms with van der Waals surface area (Å²) in [5, 5.41) is 6.47. The van der Waals surface area contributed by atoms with E-state index in [1.165, 1.54) is 0 Å². The van der Waals surface area contributed by atoms with Gasteiger partial charge in [0.1, 0.15) is 0 Å². The van der Waals surface area contributed by atoms with E-state index in [2.05, 4.69) is 41.2 Å². The fourth-order valence-electron chi connectivity index (χ4n) is 2.66. The molecule has 2 fully saturated rings. The molecule has 19 heavy (non-hydrogen) atoms. The van der Waals surface area contributed by atoms with Gasteiger partial charge in [0, 0.05) is 50.8 Å². The lowest BCUT2D eigenvalue weighted by Gasteiger charge is -2.46. The highest BCUT2D eigenvalue weighted by atomic mass is 16.2. The van der Waals surface area contributed by atoms with Crippen LogP contribution in [0.15, 0.2) is 0 Å². The molecule has 2 aliphatic heterocycles. The number of carbonyl (C=O) groups is 1. The van der Waals surface area contributed by atoms with Crippen molar-refractivity contribution in [3.8, 4) is 0 Å². The normalized spacial score (nSPS) is 23.1. The third kappa shape index (κ3) is 4.16. The van der Waals surface area contributed by atoms with Gasteiger partial charge in [-0.3, -0.25) is 14.6 Å². The van der Waals surface area contributed by atoms with Crippen LogP contribution in [0.4, 0.5) is 0 Å². The first-order valence-electron chi connectivity index (χ1n) is 7.48. The number of nitrogens with one attached hydrogen (secondary N) is 2. The molecule has 0 aliphatic carbocycles. The molecular weight excluding hydrogens is 240 g/mol. The molecule has 2 aliphatic rings. The lowest BCUT2D eigenvalue weighted by molar-refractivity contribution is -0.125. The molecule has 2 heterocycles. The quantitative estimate of drug-likeness (QED) is 0.730. The van der Waals surface area contributed by atoms with E-state index in [0.29, 0.717) is 12.6 Å². The van der Waals surface area contributed by atoms with Crippen molar-refractivity contribution in [3.05, 3.63) is 0 Å². The molecule has 0 spiro atoms. The number of hydrogen-bond acceptors (Lipinski definition) is 4. The number of piperazine rings is 1.